The van der Waals surface area contributed by atoms with E-state index in [1.54, 1.807) is 13.0 Å². The predicted octanol–water partition coefficient (Wildman–Crippen LogP) is 1.55. The molecule has 0 aliphatic rings. The van der Waals surface area contributed by atoms with Gasteiger partial charge in [-0.3, -0.25) is 0 Å². The molecule has 0 saturated carbocycles. The van der Waals surface area contributed by atoms with Gasteiger partial charge in [0.2, 0.25) is 0 Å². The average molecular weight is 212 g/mol. The first kappa shape index (κ1) is 11.3. The summed E-state index contributed by atoms with van der Waals surface area (Å²) < 4.78 is 14.0. The van der Waals surface area contributed by atoms with Gasteiger partial charge in [0.25, 0.3) is 0 Å². The van der Waals surface area contributed by atoms with E-state index in [0.717, 1.165) is 6.42 Å². The molecule has 1 heterocycles. The second kappa shape index (κ2) is 5.19. The molecule has 0 bridgehead atoms. The summed E-state index contributed by atoms with van der Waals surface area (Å²) >= 11 is 0. The number of aryl methyl sites for hydroxylation is 1. The van der Waals surface area contributed by atoms with Gasteiger partial charge in [0.1, 0.15) is 0 Å². The molecule has 1 rings (SSSR count). The molecule has 0 saturated heterocycles. The van der Waals surface area contributed by atoms with Gasteiger partial charge in [-0.25, -0.2) is 9.59 Å². The highest BCUT2D eigenvalue weighted by atomic mass is 16.6. The Kier molecular flexibility index (Phi) is 3.91. The summed E-state index contributed by atoms with van der Waals surface area (Å²) in [7, 11) is 0. The summed E-state index contributed by atoms with van der Waals surface area (Å²) in [5, 5.41) is 0. The Balaban J connectivity index is 2.50. The van der Waals surface area contributed by atoms with Crippen molar-refractivity contribution in [3.63, 3.8) is 0 Å². The van der Waals surface area contributed by atoms with Crippen LogP contribution in [0, 0.1) is 6.92 Å². The van der Waals surface area contributed by atoms with Crippen LogP contribution < -0.4 is 5.82 Å². The number of carbonyl (C=O) groups excluding carboxylic acids is 1. The Morgan fingerprint density at radius 2 is 2.20 bits per heavy atom. The second-order valence-corrected chi connectivity index (χ2v) is 2.85. The van der Waals surface area contributed by atoms with Gasteiger partial charge in [-0.2, -0.15) is 0 Å². The van der Waals surface area contributed by atoms with Gasteiger partial charge in [-0.15, -0.1) is 0 Å². The maximum atomic E-state index is 11.0. The molecule has 0 aromatic carbocycles. The third-order valence-electron chi connectivity index (χ3n) is 1.67. The SMILES string of the molecule is CC/C=C/C(=O)OCc1oc(=O)oc1C. The van der Waals surface area contributed by atoms with Crippen LogP contribution in [0.15, 0.2) is 25.8 Å². The van der Waals surface area contributed by atoms with E-state index in [0.29, 0.717) is 5.76 Å². The van der Waals surface area contributed by atoms with Crippen LogP contribution >= 0.6 is 0 Å². The van der Waals surface area contributed by atoms with Crippen molar-refractivity contribution in [2.75, 3.05) is 0 Å². The van der Waals surface area contributed by atoms with Gasteiger partial charge >= 0.3 is 11.8 Å². The molecule has 0 amide bonds. The molecule has 0 aliphatic carbocycles. The monoisotopic (exact) mass is 212 g/mol. The topological polar surface area (TPSA) is 69.7 Å². The third-order valence-corrected chi connectivity index (χ3v) is 1.67. The summed E-state index contributed by atoms with van der Waals surface area (Å²) in [6.07, 6.45) is 3.77. The van der Waals surface area contributed by atoms with Crippen LogP contribution in [-0.2, 0) is 16.1 Å². The normalized spacial score (nSPS) is 10.8. The number of hydrogen-bond acceptors (Lipinski definition) is 5. The van der Waals surface area contributed by atoms with Crippen LogP contribution in [-0.4, -0.2) is 5.97 Å². The number of carbonyl (C=O) groups is 1. The van der Waals surface area contributed by atoms with E-state index in [2.05, 4.69) is 8.83 Å². The number of esters is 1. The smallest absolute Gasteiger partial charge is 0.454 e. The zero-order valence-corrected chi connectivity index (χ0v) is 8.61. The summed E-state index contributed by atoms with van der Waals surface area (Å²) in [4.78, 5) is 21.7. The van der Waals surface area contributed by atoms with Crippen LogP contribution in [0.3, 0.4) is 0 Å². The fourth-order valence-corrected chi connectivity index (χ4v) is 0.905. The standard InChI is InChI=1S/C10H12O5/c1-3-4-5-9(11)13-6-8-7(2)14-10(12)15-8/h4-5H,3,6H2,1-2H3/b5-4+. The van der Waals surface area contributed by atoms with E-state index in [4.69, 9.17) is 4.74 Å². The summed E-state index contributed by atoms with van der Waals surface area (Å²) in [6.45, 7) is 3.38. The lowest BCUT2D eigenvalue weighted by molar-refractivity contribution is -0.139. The van der Waals surface area contributed by atoms with Gasteiger partial charge in [0.15, 0.2) is 18.1 Å². The lowest BCUT2D eigenvalue weighted by atomic mass is 10.4. The zero-order chi connectivity index (χ0) is 11.3. The Morgan fingerprint density at radius 3 is 2.73 bits per heavy atom. The lowest BCUT2D eigenvalue weighted by Gasteiger charge is -1.97. The van der Waals surface area contributed by atoms with Crippen LogP contribution in [0.5, 0.6) is 0 Å². The van der Waals surface area contributed by atoms with E-state index < -0.39 is 11.8 Å². The van der Waals surface area contributed by atoms with Crippen molar-refractivity contribution in [2.24, 2.45) is 0 Å². The van der Waals surface area contributed by atoms with Crippen molar-refractivity contribution < 1.29 is 18.4 Å². The minimum atomic E-state index is -0.789. The molecule has 82 valence electrons. The molecule has 5 heteroatoms. The molecule has 15 heavy (non-hydrogen) atoms. The number of rotatable bonds is 4. The first-order valence-corrected chi connectivity index (χ1v) is 4.56. The van der Waals surface area contributed by atoms with Gasteiger partial charge < -0.3 is 13.6 Å². The molecule has 1 aromatic rings. The third kappa shape index (κ3) is 3.46. The minimum absolute atomic E-state index is 0.0928. The Hall–Kier alpha value is -1.78. The van der Waals surface area contributed by atoms with Crippen molar-refractivity contribution in [2.45, 2.75) is 26.9 Å². The van der Waals surface area contributed by atoms with E-state index >= 15 is 0 Å². The number of allylic oxidation sites excluding steroid dienone is 1. The van der Waals surface area contributed by atoms with Gasteiger partial charge in [0, 0.05) is 6.08 Å². The fraction of sp³-hybridized carbons (Fsp3) is 0.400. The molecule has 0 unspecified atom stereocenters. The van der Waals surface area contributed by atoms with Crippen LogP contribution in [0.2, 0.25) is 0 Å². The lowest BCUT2D eigenvalue weighted by Crippen LogP contribution is -2.01. The highest BCUT2D eigenvalue weighted by molar-refractivity contribution is 5.81. The van der Waals surface area contributed by atoms with Crippen molar-refractivity contribution >= 4 is 5.97 Å². The van der Waals surface area contributed by atoms with E-state index in [9.17, 15) is 9.59 Å². The first-order valence-electron chi connectivity index (χ1n) is 4.56. The van der Waals surface area contributed by atoms with Crippen molar-refractivity contribution in [3.05, 3.63) is 34.3 Å². The first-order chi connectivity index (χ1) is 7.13. The summed E-state index contributed by atoms with van der Waals surface area (Å²) in [5.41, 5.74) is 0. The molecule has 0 spiro atoms. The highest BCUT2D eigenvalue weighted by Crippen LogP contribution is 2.06. The van der Waals surface area contributed by atoms with Crippen molar-refractivity contribution in [1.82, 2.24) is 0 Å². The van der Waals surface area contributed by atoms with Crippen LogP contribution in [0.4, 0.5) is 0 Å². The largest absolute Gasteiger partial charge is 0.519 e. The van der Waals surface area contributed by atoms with Crippen LogP contribution in [0.1, 0.15) is 24.9 Å². The van der Waals surface area contributed by atoms with E-state index in [1.165, 1.54) is 6.08 Å². The predicted molar refractivity (Wildman–Crippen MR) is 51.2 cm³/mol. The highest BCUT2D eigenvalue weighted by Gasteiger charge is 2.09. The Labute approximate surface area is 86.3 Å². The minimum Gasteiger partial charge on any atom is -0.454 e. The molecule has 5 nitrogen and oxygen atoms in total. The molecular formula is C10H12O5. The van der Waals surface area contributed by atoms with Gasteiger partial charge in [0.05, 0.1) is 0 Å². The second-order valence-electron chi connectivity index (χ2n) is 2.85. The van der Waals surface area contributed by atoms with Gasteiger partial charge in [-0.1, -0.05) is 13.0 Å². The van der Waals surface area contributed by atoms with Crippen LogP contribution in [0.25, 0.3) is 0 Å². The summed E-state index contributed by atoms with van der Waals surface area (Å²) in [6, 6.07) is 0. The van der Waals surface area contributed by atoms with E-state index in [1.807, 2.05) is 6.92 Å². The fourth-order valence-electron chi connectivity index (χ4n) is 0.905. The molecule has 0 fully saturated rings. The molecule has 1 aromatic heterocycles. The molecule has 0 aliphatic heterocycles. The molecular weight excluding hydrogens is 200 g/mol. The van der Waals surface area contributed by atoms with Gasteiger partial charge in [-0.05, 0) is 13.3 Å². The maximum Gasteiger partial charge on any atom is 0.519 e. The number of ether oxygens (including phenoxy) is 1. The van der Waals surface area contributed by atoms with E-state index in [-0.39, 0.29) is 12.4 Å². The Morgan fingerprint density at radius 1 is 1.47 bits per heavy atom. The average Bonchev–Trinajstić information content (AvgIpc) is 2.51. The van der Waals surface area contributed by atoms with Crippen molar-refractivity contribution in [1.29, 1.82) is 0 Å². The maximum absolute atomic E-state index is 11.0. The molecule has 0 atom stereocenters. The molecule has 0 N–H and O–H groups in total. The Bertz CT molecular complexity index is 410. The quantitative estimate of drug-likeness (QED) is 0.559. The van der Waals surface area contributed by atoms with Crippen molar-refractivity contribution in [3.8, 4) is 0 Å². The number of hydrogen-bond donors (Lipinski definition) is 0. The molecule has 0 radical (unpaired) electrons. The zero-order valence-electron chi connectivity index (χ0n) is 8.61. The summed E-state index contributed by atoms with van der Waals surface area (Å²) in [5.74, 6) is -0.701.